The zero-order valence-corrected chi connectivity index (χ0v) is 12.9. The normalized spacial score (nSPS) is 10.3. The van der Waals surface area contributed by atoms with E-state index in [1.165, 1.54) is 0 Å². The molecule has 0 aliphatic carbocycles. The first kappa shape index (κ1) is 16.7. The molecule has 5 nitrogen and oxygen atoms in total. The lowest BCUT2D eigenvalue weighted by atomic mass is 9.99. The van der Waals surface area contributed by atoms with Crippen LogP contribution in [0.2, 0.25) is 0 Å². The fraction of sp³-hybridized carbons (Fsp3) is 0.222. The Morgan fingerprint density at radius 1 is 1.04 bits per heavy atom. The average Bonchev–Trinajstić information content (AvgIpc) is 2.62. The van der Waals surface area contributed by atoms with Crippen LogP contribution in [-0.2, 0) is 4.79 Å². The van der Waals surface area contributed by atoms with Crippen LogP contribution in [0.3, 0.4) is 0 Å². The molecule has 0 aliphatic rings. The molecular formula is C18H21N3O2. The molecule has 3 N–H and O–H groups in total. The number of carbonyl (C=O) groups excluding carboxylic acids is 2. The molecule has 120 valence electrons. The van der Waals surface area contributed by atoms with Crippen molar-refractivity contribution in [1.82, 2.24) is 10.2 Å². The Morgan fingerprint density at radius 2 is 1.57 bits per heavy atom. The van der Waals surface area contributed by atoms with E-state index in [1.54, 1.807) is 0 Å². The van der Waals surface area contributed by atoms with Crippen LogP contribution in [0.4, 0.5) is 4.79 Å². The second-order valence-corrected chi connectivity index (χ2v) is 5.14. The first-order chi connectivity index (χ1) is 11.3. The second-order valence-electron chi connectivity index (χ2n) is 5.14. The fourth-order valence-electron chi connectivity index (χ4n) is 2.32. The number of nitrogens with zero attached hydrogens (tertiary/aromatic N) is 1. The van der Waals surface area contributed by atoms with Gasteiger partial charge in [0.2, 0.25) is 6.41 Å². The van der Waals surface area contributed by atoms with Crippen molar-refractivity contribution in [3.8, 4) is 0 Å². The second kappa shape index (κ2) is 8.70. The molecule has 0 fully saturated rings. The molecule has 0 atom stereocenters. The summed E-state index contributed by atoms with van der Waals surface area (Å²) in [5.41, 5.74) is 7.35. The molecule has 2 aromatic carbocycles. The number of nitrogens with one attached hydrogen (secondary N) is 1. The van der Waals surface area contributed by atoms with Gasteiger partial charge in [-0.05, 0) is 24.1 Å². The summed E-state index contributed by atoms with van der Waals surface area (Å²) in [4.78, 5) is 24.6. The summed E-state index contributed by atoms with van der Waals surface area (Å²) in [6, 6.07) is 18.6. The lowest BCUT2D eigenvalue weighted by molar-refractivity contribution is -0.115. The van der Waals surface area contributed by atoms with Gasteiger partial charge in [-0.15, -0.1) is 0 Å². The Balaban J connectivity index is 2.21. The summed E-state index contributed by atoms with van der Waals surface area (Å²) < 4.78 is 0. The zero-order valence-electron chi connectivity index (χ0n) is 12.9. The van der Waals surface area contributed by atoms with Crippen molar-refractivity contribution in [1.29, 1.82) is 0 Å². The van der Waals surface area contributed by atoms with Crippen LogP contribution in [0.25, 0.3) is 0 Å². The monoisotopic (exact) mass is 311 g/mol. The number of imide groups is 1. The van der Waals surface area contributed by atoms with E-state index in [1.807, 2.05) is 60.7 Å². The molecule has 3 amide bonds. The summed E-state index contributed by atoms with van der Waals surface area (Å²) in [5, 5.41) is 2.92. The molecule has 0 aromatic heterocycles. The molecule has 0 aliphatic heterocycles. The van der Waals surface area contributed by atoms with Gasteiger partial charge in [0.05, 0.1) is 6.04 Å². The van der Waals surface area contributed by atoms with E-state index >= 15 is 0 Å². The molecule has 0 bridgehead atoms. The third-order valence-corrected chi connectivity index (χ3v) is 3.52. The molecular weight excluding hydrogens is 290 g/mol. The third kappa shape index (κ3) is 4.66. The van der Waals surface area contributed by atoms with Gasteiger partial charge >= 0.3 is 6.03 Å². The Kier molecular flexibility index (Phi) is 6.32. The predicted molar refractivity (Wildman–Crippen MR) is 89.7 cm³/mol. The van der Waals surface area contributed by atoms with Crippen molar-refractivity contribution in [2.24, 2.45) is 5.73 Å². The van der Waals surface area contributed by atoms with Crippen molar-refractivity contribution in [3.63, 3.8) is 0 Å². The van der Waals surface area contributed by atoms with Crippen molar-refractivity contribution in [3.05, 3.63) is 71.8 Å². The lowest BCUT2D eigenvalue weighted by Gasteiger charge is -2.23. The van der Waals surface area contributed by atoms with Crippen molar-refractivity contribution >= 4 is 12.4 Å². The van der Waals surface area contributed by atoms with Crippen molar-refractivity contribution in [2.45, 2.75) is 12.5 Å². The third-order valence-electron chi connectivity index (χ3n) is 3.52. The first-order valence-corrected chi connectivity index (χ1v) is 7.58. The van der Waals surface area contributed by atoms with Gasteiger partial charge in [-0.1, -0.05) is 60.7 Å². The first-order valence-electron chi connectivity index (χ1n) is 7.58. The van der Waals surface area contributed by atoms with E-state index in [2.05, 4.69) is 5.32 Å². The molecule has 0 heterocycles. The van der Waals surface area contributed by atoms with E-state index in [0.29, 0.717) is 25.9 Å². The van der Waals surface area contributed by atoms with Gasteiger partial charge in [-0.2, -0.15) is 0 Å². The van der Waals surface area contributed by atoms with E-state index in [4.69, 9.17) is 5.73 Å². The van der Waals surface area contributed by atoms with Crippen LogP contribution in [-0.4, -0.2) is 30.4 Å². The van der Waals surface area contributed by atoms with Crippen LogP contribution >= 0.6 is 0 Å². The maximum Gasteiger partial charge on any atom is 0.324 e. The van der Waals surface area contributed by atoms with Crippen LogP contribution in [0.15, 0.2) is 60.7 Å². The quantitative estimate of drug-likeness (QED) is 0.770. The summed E-state index contributed by atoms with van der Waals surface area (Å²) >= 11 is 0. The number of hydrogen-bond donors (Lipinski definition) is 2. The molecule has 0 unspecified atom stereocenters. The lowest BCUT2D eigenvalue weighted by Crippen LogP contribution is -2.42. The Bertz CT molecular complexity index is 577. The molecule has 5 heteroatoms. The van der Waals surface area contributed by atoms with E-state index < -0.39 is 6.03 Å². The van der Waals surface area contributed by atoms with Crippen molar-refractivity contribution < 1.29 is 9.59 Å². The highest BCUT2D eigenvalue weighted by Crippen LogP contribution is 2.21. The summed E-state index contributed by atoms with van der Waals surface area (Å²) in [7, 11) is 0. The van der Waals surface area contributed by atoms with Gasteiger partial charge in [-0.3, -0.25) is 9.69 Å². The van der Waals surface area contributed by atoms with Gasteiger partial charge in [0, 0.05) is 6.54 Å². The van der Waals surface area contributed by atoms with Gasteiger partial charge in [0.25, 0.3) is 0 Å². The van der Waals surface area contributed by atoms with Crippen LogP contribution < -0.4 is 11.1 Å². The standard InChI is InChI=1S/C18H21N3O2/c19-12-7-13-21(14-22)18(23)20-17(15-8-3-1-4-9-15)16-10-5-2-6-11-16/h1-6,8-11,14,17H,7,12-13,19H2,(H,20,23). The largest absolute Gasteiger partial charge is 0.330 e. The minimum Gasteiger partial charge on any atom is -0.330 e. The Morgan fingerprint density at radius 3 is 2.00 bits per heavy atom. The van der Waals surface area contributed by atoms with Gasteiger partial charge in [0.1, 0.15) is 0 Å². The summed E-state index contributed by atoms with van der Waals surface area (Å²) in [5.74, 6) is 0. The Labute approximate surface area is 136 Å². The maximum absolute atomic E-state index is 12.4. The highest BCUT2D eigenvalue weighted by atomic mass is 16.2. The number of nitrogens with two attached hydrogens (primary N) is 1. The zero-order chi connectivity index (χ0) is 16.5. The SMILES string of the molecule is NCCCN(C=O)C(=O)NC(c1ccccc1)c1ccccc1. The number of carbonyl (C=O) groups is 2. The van der Waals surface area contributed by atoms with Gasteiger partial charge in [0.15, 0.2) is 0 Å². The molecule has 0 saturated heterocycles. The van der Waals surface area contributed by atoms with E-state index in [-0.39, 0.29) is 6.04 Å². The number of benzene rings is 2. The molecule has 0 spiro atoms. The molecule has 2 rings (SSSR count). The molecule has 0 radical (unpaired) electrons. The highest BCUT2D eigenvalue weighted by Gasteiger charge is 2.20. The molecule has 23 heavy (non-hydrogen) atoms. The fourth-order valence-corrected chi connectivity index (χ4v) is 2.32. The van der Waals surface area contributed by atoms with Crippen molar-refractivity contribution in [2.75, 3.05) is 13.1 Å². The van der Waals surface area contributed by atoms with E-state index in [9.17, 15) is 9.59 Å². The average molecular weight is 311 g/mol. The van der Waals surface area contributed by atoms with Gasteiger partial charge < -0.3 is 11.1 Å². The molecule has 2 aromatic rings. The van der Waals surface area contributed by atoms with Crippen LogP contribution in [0.5, 0.6) is 0 Å². The Hall–Kier alpha value is -2.66. The predicted octanol–water partition coefficient (Wildman–Crippen LogP) is 2.29. The van der Waals surface area contributed by atoms with Crippen LogP contribution in [0.1, 0.15) is 23.6 Å². The number of amides is 3. The highest BCUT2D eigenvalue weighted by molar-refractivity contribution is 5.85. The topological polar surface area (TPSA) is 75.4 Å². The number of rotatable bonds is 7. The smallest absolute Gasteiger partial charge is 0.324 e. The maximum atomic E-state index is 12.4. The van der Waals surface area contributed by atoms with Crippen LogP contribution in [0, 0.1) is 0 Å². The molecule has 0 saturated carbocycles. The number of hydrogen-bond acceptors (Lipinski definition) is 3. The minimum absolute atomic E-state index is 0.308. The van der Waals surface area contributed by atoms with E-state index in [0.717, 1.165) is 16.0 Å². The van der Waals surface area contributed by atoms with Gasteiger partial charge in [-0.25, -0.2) is 4.79 Å². The summed E-state index contributed by atoms with van der Waals surface area (Å²) in [6.45, 7) is 0.737. The number of urea groups is 1. The minimum atomic E-state index is -0.425. The summed E-state index contributed by atoms with van der Waals surface area (Å²) in [6.07, 6.45) is 1.12.